The fourth-order valence-electron chi connectivity index (χ4n) is 1.30. The number of unbranched alkanes of at least 4 members (excludes halogenated alkanes) is 3. The van der Waals surface area contributed by atoms with Gasteiger partial charge in [-0.15, -0.1) is 0 Å². The molecule has 3 N–H and O–H groups in total. The van der Waals surface area contributed by atoms with Crippen LogP contribution in [-0.2, 0) is 0 Å². The summed E-state index contributed by atoms with van der Waals surface area (Å²) in [5, 5.41) is 26.5. The molecule has 0 fully saturated rings. The van der Waals surface area contributed by atoms with Crippen LogP contribution in [0.4, 0.5) is 0 Å². The molecule has 0 bridgehead atoms. The third-order valence-corrected chi connectivity index (χ3v) is 2.14. The Kier molecular flexibility index (Phi) is 9.87. The maximum atomic E-state index is 9.43. The summed E-state index contributed by atoms with van der Waals surface area (Å²) in [6.07, 6.45) is 5.90. The highest BCUT2D eigenvalue weighted by atomic mass is 16.3. The van der Waals surface area contributed by atoms with Crippen molar-refractivity contribution in [2.24, 2.45) is 0 Å². The van der Waals surface area contributed by atoms with Crippen LogP contribution in [-0.4, -0.2) is 34.6 Å². The van der Waals surface area contributed by atoms with Gasteiger partial charge >= 0.3 is 0 Å². The summed E-state index contributed by atoms with van der Waals surface area (Å²) in [4.78, 5) is 0. The molecule has 0 aromatic rings. The van der Waals surface area contributed by atoms with Gasteiger partial charge in [-0.2, -0.15) is 0 Å². The molecular formula is C10H22O3. The molecular weight excluding hydrogens is 168 g/mol. The summed E-state index contributed by atoms with van der Waals surface area (Å²) in [6.45, 7) is 0.470. The third-order valence-electron chi connectivity index (χ3n) is 2.14. The number of rotatable bonds is 9. The van der Waals surface area contributed by atoms with E-state index in [4.69, 9.17) is 10.2 Å². The zero-order valence-electron chi connectivity index (χ0n) is 8.28. The fraction of sp³-hybridized carbons (Fsp3) is 1.00. The molecule has 80 valence electrons. The predicted octanol–water partition coefficient (Wildman–Crippen LogP) is 1.06. The van der Waals surface area contributed by atoms with Gasteiger partial charge in [0.15, 0.2) is 0 Å². The van der Waals surface area contributed by atoms with E-state index in [9.17, 15) is 5.11 Å². The minimum absolute atomic E-state index is 0.217. The zero-order chi connectivity index (χ0) is 9.94. The molecule has 1 atom stereocenters. The van der Waals surface area contributed by atoms with Crippen molar-refractivity contribution in [2.45, 2.75) is 51.0 Å². The minimum atomic E-state index is -0.217. The second kappa shape index (κ2) is 9.96. The van der Waals surface area contributed by atoms with Crippen LogP contribution in [0.15, 0.2) is 0 Å². The summed E-state index contributed by atoms with van der Waals surface area (Å²) >= 11 is 0. The summed E-state index contributed by atoms with van der Waals surface area (Å²) in [5.41, 5.74) is 0. The number of hydrogen-bond donors (Lipinski definition) is 3. The summed E-state index contributed by atoms with van der Waals surface area (Å²) < 4.78 is 0. The van der Waals surface area contributed by atoms with Gasteiger partial charge in [-0.1, -0.05) is 12.8 Å². The topological polar surface area (TPSA) is 60.7 Å². The molecule has 0 amide bonds. The van der Waals surface area contributed by atoms with Crippen molar-refractivity contribution in [1.29, 1.82) is 0 Å². The molecule has 0 saturated heterocycles. The molecule has 0 spiro atoms. The van der Waals surface area contributed by atoms with Gasteiger partial charge in [0.25, 0.3) is 0 Å². The van der Waals surface area contributed by atoms with E-state index in [1.807, 2.05) is 0 Å². The molecule has 0 saturated carbocycles. The van der Waals surface area contributed by atoms with Crippen LogP contribution in [0, 0.1) is 0 Å². The largest absolute Gasteiger partial charge is 0.396 e. The maximum absolute atomic E-state index is 9.43. The van der Waals surface area contributed by atoms with Crippen LogP contribution in [0.1, 0.15) is 44.9 Å². The van der Waals surface area contributed by atoms with Crippen LogP contribution in [0.5, 0.6) is 0 Å². The number of hydrogen-bond acceptors (Lipinski definition) is 3. The van der Waals surface area contributed by atoms with Gasteiger partial charge in [0.05, 0.1) is 6.10 Å². The molecule has 3 nitrogen and oxygen atoms in total. The summed E-state index contributed by atoms with van der Waals surface area (Å²) in [5.74, 6) is 0. The first-order valence-corrected chi connectivity index (χ1v) is 5.21. The first-order valence-electron chi connectivity index (χ1n) is 5.21. The molecule has 13 heavy (non-hydrogen) atoms. The van der Waals surface area contributed by atoms with Gasteiger partial charge in [0, 0.05) is 13.2 Å². The Balaban J connectivity index is 3.05. The summed E-state index contributed by atoms with van der Waals surface area (Å²) in [7, 11) is 0. The van der Waals surface area contributed by atoms with E-state index in [1.54, 1.807) is 0 Å². The van der Waals surface area contributed by atoms with Crippen molar-refractivity contribution in [1.82, 2.24) is 0 Å². The van der Waals surface area contributed by atoms with E-state index in [1.165, 1.54) is 0 Å². The molecule has 1 unspecified atom stereocenters. The number of aliphatic hydroxyl groups is 3. The van der Waals surface area contributed by atoms with Crippen molar-refractivity contribution >= 4 is 0 Å². The average molecular weight is 190 g/mol. The zero-order valence-corrected chi connectivity index (χ0v) is 8.28. The highest BCUT2D eigenvalue weighted by Crippen LogP contribution is 2.09. The first kappa shape index (κ1) is 12.9. The molecule has 0 aliphatic carbocycles. The highest BCUT2D eigenvalue weighted by molar-refractivity contribution is 4.56. The molecule has 0 aliphatic rings. The Morgan fingerprint density at radius 1 is 0.692 bits per heavy atom. The van der Waals surface area contributed by atoms with Crippen molar-refractivity contribution in [3.63, 3.8) is 0 Å². The smallest absolute Gasteiger partial charge is 0.0540 e. The molecule has 0 aromatic carbocycles. The second-order valence-electron chi connectivity index (χ2n) is 3.45. The third kappa shape index (κ3) is 9.80. The Hall–Kier alpha value is -0.120. The van der Waals surface area contributed by atoms with Crippen molar-refractivity contribution in [2.75, 3.05) is 13.2 Å². The van der Waals surface area contributed by atoms with E-state index < -0.39 is 0 Å². The van der Waals surface area contributed by atoms with E-state index >= 15 is 0 Å². The lowest BCUT2D eigenvalue weighted by Gasteiger charge is -2.08. The van der Waals surface area contributed by atoms with E-state index in [0.29, 0.717) is 0 Å². The van der Waals surface area contributed by atoms with Crippen LogP contribution >= 0.6 is 0 Å². The minimum Gasteiger partial charge on any atom is -0.396 e. The lowest BCUT2D eigenvalue weighted by molar-refractivity contribution is 0.143. The molecule has 3 heteroatoms. The summed E-state index contributed by atoms with van der Waals surface area (Å²) in [6, 6.07) is 0. The second-order valence-corrected chi connectivity index (χ2v) is 3.45. The van der Waals surface area contributed by atoms with E-state index in [2.05, 4.69) is 0 Å². The Morgan fingerprint density at radius 2 is 1.15 bits per heavy atom. The molecule has 0 rings (SSSR count). The van der Waals surface area contributed by atoms with Crippen LogP contribution < -0.4 is 0 Å². The molecule has 0 radical (unpaired) electrons. The monoisotopic (exact) mass is 190 g/mol. The van der Waals surface area contributed by atoms with Gasteiger partial charge in [-0.25, -0.2) is 0 Å². The SMILES string of the molecule is OCCCCCC(O)CCCCO. The van der Waals surface area contributed by atoms with Crippen molar-refractivity contribution < 1.29 is 15.3 Å². The standard InChI is InChI=1S/C10H22O3/c11-8-4-1-2-6-10(13)7-3-5-9-12/h10-13H,1-9H2. The first-order chi connectivity index (χ1) is 6.31. The van der Waals surface area contributed by atoms with Gasteiger partial charge in [-0.05, 0) is 32.1 Å². The van der Waals surface area contributed by atoms with Crippen molar-refractivity contribution in [3.05, 3.63) is 0 Å². The van der Waals surface area contributed by atoms with E-state index in [0.717, 1.165) is 44.9 Å². The van der Waals surface area contributed by atoms with Gasteiger partial charge in [0.2, 0.25) is 0 Å². The lowest BCUT2D eigenvalue weighted by Crippen LogP contribution is -2.06. The van der Waals surface area contributed by atoms with Crippen molar-refractivity contribution in [3.8, 4) is 0 Å². The van der Waals surface area contributed by atoms with Crippen LogP contribution in [0.3, 0.4) is 0 Å². The maximum Gasteiger partial charge on any atom is 0.0540 e. The predicted molar refractivity (Wildman–Crippen MR) is 52.5 cm³/mol. The quantitative estimate of drug-likeness (QED) is 0.476. The molecule has 0 aliphatic heterocycles. The fourth-order valence-corrected chi connectivity index (χ4v) is 1.30. The van der Waals surface area contributed by atoms with Gasteiger partial charge in [0.1, 0.15) is 0 Å². The normalized spacial score (nSPS) is 13.2. The van der Waals surface area contributed by atoms with E-state index in [-0.39, 0.29) is 19.3 Å². The Labute approximate surface area is 80.4 Å². The number of aliphatic hydroxyl groups excluding tert-OH is 3. The molecule has 0 heterocycles. The van der Waals surface area contributed by atoms with Crippen LogP contribution in [0.2, 0.25) is 0 Å². The van der Waals surface area contributed by atoms with Gasteiger partial charge in [-0.3, -0.25) is 0 Å². The molecule has 0 aromatic heterocycles. The highest BCUT2D eigenvalue weighted by Gasteiger charge is 2.02. The lowest BCUT2D eigenvalue weighted by atomic mass is 10.1. The van der Waals surface area contributed by atoms with Gasteiger partial charge < -0.3 is 15.3 Å². The van der Waals surface area contributed by atoms with Crippen LogP contribution in [0.25, 0.3) is 0 Å². The average Bonchev–Trinajstić information content (AvgIpc) is 2.13. The Bertz CT molecular complexity index is 96.2. The Morgan fingerprint density at radius 3 is 1.69 bits per heavy atom.